The van der Waals surface area contributed by atoms with Crippen molar-refractivity contribution in [1.82, 2.24) is 0 Å². The maximum absolute atomic E-state index is 11.6. The van der Waals surface area contributed by atoms with Crippen LogP contribution in [0.4, 0.5) is 5.69 Å². The summed E-state index contributed by atoms with van der Waals surface area (Å²) in [7, 11) is 1.77. The zero-order valence-corrected chi connectivity index (χ0v) is 9.32. The van der Waals surface area contributed by atoms with Gasteiger partial charge in [0.15, 0.2) is 0 Å². The fourth-order valence-corrected chi connectivity index (χ4v) is 1.95. The highest BCUT2D eigenvalue weighted by atomic mass is 16.2. The first-order valence-corrected chi connectivity index (χ1v) is 5.19. The molecule has 3 nitrogen and oxygen atoms in total. The van der Waals surface area contributed by atoms with Gasteiger partial charge in [0.25, 0.3) is 0 Å². The molecule has 0 saturated heterocycles. The molecule has 0 aliphatic carbocycles. The van der Waals surface area contributed by atoms with Gasteiger partial charge in [0.05, 0.1) is 0 Å². The molecular formula is C12H16N2O. The third-order valence-electron chi connectivity index (χ3n) is 3.01. The lowest BCUT2D eigenvalue weighted by molar-refractivity contribution is -0.118. The van der Waals surface area contributed by atoms with Crippen LogP contribution in [0.2, 0.25) is 0 Å². The molecule has 0 spiro atoms. The first-order valence-electron chi connectivity index (χ1n) is 5.19. The number of benzene rings is 1. The van der Waals surface area contributed by atoms with E-state index in [-0.39, 0.29) is 5.91 Å². The van der Waals surface area contributed by atoms with E-state index in [4.69, 9.17) is 5.73 Å². The Balaban J connectivity index is 2.51. The number of hydrogen-bond acceptors (Lipinski definition) is 2. The highest BCUT2D eigenvalue weighted by Crippen LogP contribution is 2.35. The summed E-state index contributed by atoms with van der Waals surface area (Å²) in [6.07, 6.45) is 0. The number of nitrogens with zero attached hydrogens (tertiary/aromatic N) is 1. The molecule has 1 heterocycles. The van der Waals surface area contributed by atoms with E-state index >= 15 is 0 Å². The molecule has 3 heteroatoms. The fraction of sp³-hybridized carbons (Fsp3) is 0.417. The van der Waals surface area contributed by atoms with Gasteiger partial charge in [-0.05, 0) is 17.5 Å². The Kier molecular flexibility index (Phi) is 2.27. The van der Waals surface area contributed by atoms with Gasteiger partial charge in [-0.1, -0.05) is 26.0 Å². The first kappa shape index (κ1) is 10.2. The molecule has 0 fully saturated rings. The molecule has 0 saturated carbocycles. The summed E-state index contributed by atoms with van der Waals surface area (Å²) in [6, 6.07) is 5.61. The topological polar surface area (TPSA) is 46.3 Å². The minimum Gasteiger partial charge on any atom is -0.316 e. The van der Waals surface area contributed by atoms with Crippen molar-refractivity contribution in [3.63, 3.8) is 0 Å². The van der Waals surface area contributed by atoms with Gasteiger partial charge in [0.2, 0.25) is 5.91 Å². The Morgan fingerprint density at radius 2 is 2.07 bits per heavy atom. The monoisotopic (exact) mass is 204 g/mol. The Hall–Kier alpha value is -1.35. The maximum atomic E-state index is 11.6. The molecule has 2 N–H and O–H groups in total. The zero-order valence-electron chi connectivity index (χ0n) is 9.32. The van der Waals surface area contributed by atoms with Crippen molar-refractivity contribution in [2.75, 3.05) is 11.9 Å². The lowest BCUT2D eigenvalue weighted by Crippen LogP contribution is -2.27. The molecule has 1 atom stereocenters. The number of fused-ring (bicyclic) bond motifs is 1. The lowest BCUT2D eigenvalue weighted by atomic mass is 9.98. The molecule has 1 aromatic carbocycles. The van der Waals surface area contributed by atoms with Crippen LogP contribution in [0.15, 0.2) is 18.2 Å². The van der Waals surface area contributed by atoms with Crippen molar-refractivity contribution in [2.45, 2.75) is 25.8 Å². The summed E-state index contributed by atoms with van der Waals surface area (Å²) in [5.41, 5.74) is 8.98. The molecular weight excluding hydrogens is 188 g/mol. The quantitative estimate of drug-likeness (QED) is 0.758. The molecule has 1 aromatic rings. The molecule has 1 unspecified atom stereocenters. The SMILES string of the molecule is CC(C)c1ccc2c(c1)C(N)C(=O)N2C. The number of amides is 1. The molecule has 15 heavy (non-hydrogen) atoms. The summed E-state index contributed by atoms with van der Waals surface area (Å²) in [6.45, 7) is 4.27. The van der Waals surface area contributed by atoms with Gasteiger partial charge in [-0.2, -0.15) is 0 Å². The van der Waals surface area contributed by atoms with Gasteiger partial charge in [-0.3, -0.25) is 4.79 Å². The van der Waals surface area contributed by atoms with Crippen LogP contribution in [0.5, 0.6) is 0 Å². The van der Waals surface area contributed by atoms with Gasteiger partial charge < -0.3 is 10.6 Å². The van der Waals surface area contributed by atoms with E-state index < -0.39 is 6.04 Å². The van der Waals surface area contributed by atoms with E-state index in [1.54, 1.807) is 11.9 Å². The highest BCUT2D eigenvalue weighted by Gasteiger charge is 2.32. The van der Waals surface area contributed by atoms with Crippen LogP contribution in [0.1, 0.15) is 36.9 Å². The number of likely N-dealkylation sites (N-methyl/N-ethyl adjacent to an activating group) is 1. The van der Waals surface area contributed by atoms with E-state index in [2.05, 4.69) is 19.9 Å². The summed E-state index contributed by atoms with van der Waals surface area (Å²) in [4.78, 5) is 13.3. The predicted molar refractivity (Wildman–Crippen MR) is 60.9 cm³/mol. The molecule has 2 rings (SSSR count). The number of hydrogen-bond donors (Lipinski definition) is 1. The minimum absolute atomic E-state index is 0.0223. The summed E-state index contributed by atoms with van der Waals surface area (Å²) in [5.74, 6) is 0.439. The second kappa shape index (κ2) is 3.35. The average molecular weight is 204 g/mol. The number of nitrogens with two attached hydrogens (primary N) is 1. The van der Waals surface area contributed by atoms with Crippen LogP contribution in [0.25, 0.3) is 0 Å². The van der Waals surface area contributed by atoms with Gasteiger partial charge in [-0.15, -0.1) is 0 Å². The number of anilines is 1. The van der Waals surface area contributed by atoms with E-state index in [1.807, 2.05) is 12.1 Å². The van der Waals surface area contributed by atoms with Crippen molar-refractivity contribution in [3.05, 3.63) is 29.3 Å². The van der Waals surface area contributed by atoms with Gasteiger partial charge in [0.1, 0.15) is 6.04 Å². The van der Waals surface area contributed by atoms with Crippen molar-refractivity contribution in [2.24, 2.45) is 5.73 Å². The van der Waals surface area contributed by atoms with E-state index in [0.29, 0.717) is 5.92 Å². The third-order valence-corrected chi connectivity index (χ3v) is 3.01. The Morgan fingerprint density at radius 3 is 2.67 bits per heavy atom. The van der Waals surface area contributed by atoms with E-state index in [1.165, 1.54) is 5.56 Å². The van der Waals surface area contributed by atoms with Gasteiger partial charge in [0, 0.05) is 18.3 Å². The summed E-state index contributed by atoms with van der Waals surface area (Å²) in [5, 5.41) is 0. The van der Waals surface area contributed by atoms with E-state index in [0.717, 1.165) is 11.3 Å². The van der Waals surface area contributed by atoms with Crippen molar-refractivity contribution in [1.29, 1.82) is 0 Å². The lowest BCUT2D eigenvalue weighted by Gasteiger charge is -2.11. The predicted octanol–water partition coefficient (Wildman–Crippen LogP) is 1.79. The molecule has 1 aliphatic heterocycles. The van der Waals surface area contributed by atoms with Crippen molar-refractivity contribution < 1.29 is 4.79 Å². The summed E-state index contributed by atoms with van der Waals surface area (Å²) >= 11 is 0. The van der Waals surface area contributed by atoms with Crippen LogP contribution < -0.4 is 10.6 Å². The second-order valence-corrected chi connectivity index (χ2v) is 4.35. The van der Waals surface area contributed by atoms with Gasteiger partial charge in [-0.25, -0.2) is 0 Å². The van der Waals surface area contributed by atoms with Crippen LogP contribution in [-0.4, -0.2) is 13.0 Å². The standard InChI is InChI=1S/C12H16N2O/c1-7(2)8-4-5-10-9(6-8)11(13)12(15)14(10)3/h4-7,11H,13H2,1-3H3. The highest BCUT2D eigenvalue weighted by molar-refractivity contribution is 6.04. The van der Waals surface area contributed by atoms with Crippen LogP contribution >= 0.6 is 0 Å². The molecule has 0 radical (unpaired) electrons. The first-order chi connectivity index (χ1) is 7.02. The van der Waals surface area contributed by atoms with Crippen LogP contribution in [0, 0.1) is 0 Å². The summed E-state index contributed by atoms with van der Waals surface area (Å²) < 4.78 is 0. The molecule has 1 aliphatic rings. The number of carbonyl (C=O) groups is 1. The van der Waals surface area contributed by atoms with E-state index in [9.17, 15) is 4.79 Å². The number of carbonyl (C=O) groups excluding carboxylic acids is 1. The minimum atomic E-state index is -0.483. The normalized spacial score (nSPS) is 19.9. The molecule has 0 aromatic heterocycles. The van der Waals surface area contributed by atoms with Crippen LogP contribution in [0.3, 0.4) is 0 Å². The largest absolute Gasteiger partial charge is 0.316 e. The Bertz CT molecular complexity index is 412. The van der Waals surface area contributed by atoms with Crippen LogP contribution in [-0.2, 0) is 4.79 Å². The average Bonchev–Trinajstić information content (AvgIpc) is 2.44. The zero-order chi connectivity index (χ0) is 11.2. The second-order valence-electron chi connectivity index (χ2n) is 4.35. The van der Waals surface area contributed by atoms with Gasteiger partial charge >= 0.3 is 0 Å². The third kappa shape index (κ3) is 1.43. The Morgan fingerprint density at radius 1 is 1.40 bits per heavy atom. The Labute approximate surface area is 89.9 Å². The smallest absolute Gasteiger partial charge is 0.248 e. The number of rotatable bonds is 1. The molecule has 80 valence electrons. The molecule has 1 amide bonds. The van der Waals surface area contributed by atoms with Crippen molar-refractivity contribution >= 4 is 11.6 Å². The maximum Gasteiger partial charge on any atom is 0.248 e. The fourth-order valence-electron chi connectivity index (χ4n) is 1.95. The molecule has 0 bridgehead atoms. The van der Waals surface area contributed by atoms with Crippen molar-refractivity contribution in [3.8, 4) is 0 Å².